The number of para-hydroxylation sites is 1. The first-order chi connectivity index (χ1) is 13.4. The fourth-order valence-electron chi connectivity index (χ4n) is 3.01. The van der Waals surface area contributed by atoms with Gasteiger partial charge in [0.1, 0.15) is 5.58 Å². The van der Waals surface area contributed by atoms with Crippen LogP contribution in [0.15, 0.2) is 107 Å². The number of furan rings is 1. The van der Waals surface area contributed by atoms with Gasteiger partial charge >= 0.3 is 0 Å². The van der Waals surface area contributed by atoms with E-state index in [2.05, 4.69) is 72.1 Å². The van der Waals surface area contributed by atoms with Crippen LogP contribution in [0, 0.1) is 0 Å². The van der Waals surface area contributed by atoms with Crippen molar-refractivity contribution in [2.24, 2.45) is 0 Å². The molecule has 6 rings (SSSR count). The largest absolute Gasteiger partial charge is 0.464 e. The van der Waals surface area contributed by atoms with E-state index in [1.807, 2.05) is 30.3 Å². The number of hydrogen-bond donors (Lipinski definition) is 0. The fourth-order valence-corrected chi connectivity index (χ4v) is 3.80. The summed E-state index contributed by atoms with van der Waals surface area (Å²) < 4.78 is 6.49. The van der Waals surface area contributed by atoms with Gasteiger partial charge in [0.2, 0.25) is 0 Å². The van der Waals surface area contributed by atoms with Crippen molar-refractivity contribution in [3.8, 4) is 0 Å². The van der Waals surface area contributed by atoms with Crippen molar-refractivity contribution in [1.29, 1.82) is 0 Å². The normalized spacial score (nSPS) is 11.4. The van der Waals surface area contributed by atoms with E-state index in [9.17, 15) is 0 Å². The maximum atomic E-state index is 5.12. The molecule has 2 aromatic heterocycles. The van der Waals surface area contributed by atoms with Gasteiger partial charge in [0.25, 0.3) is 0 Å². The molecule has 27 heavy (non-hydrogen) atoms. The van der Waals surface area contributed by atoms with Gasteiger partial charge in [0.15, 0.2) is 0 Å². The van der Waals surface area contributed by atoms with Gasteiger partial charge in [-0.3, -0.25) is 0 Å². The molecular formula is C25H20OS. The number of hydrogen-bond acceptors (Lipinski definition) is 2. The lowest BCUT2D eigenvalue weighted by molar-refractivity contribution is 0.616. The summed E-state index contributed by atoms with van der Waals surface area (Å²) in [4.78, 5) is 0. The van der Waals surface area contributed by atoms with Gasteiger partial charge in [-0.05, 0) is 52.6 Å². The Kier molecular flexibility index (Phi) is 5.47. The molecule has 132 valence electrons. The zero-order chi connectivity index (χ0) is 18.3. The van der Waals surface area contributed by atoms with E-state index >= 15 is 0 Å². The molecule has 1 aliphatic rings. The third-order valence-corrected chi connectivity index (χ3v) is 5.31. The molecule has 0 fully saturated rings. The van der Waals surface area contributed by atoms with Crippen LogP contribution in [0.25, 0.3) is 27.1 Å². The lowest BCUT2D eigenvalue weighted by atomic mass is 10.1. The molecule has 0 amide bonds. The molecule has 1 nitrogen and oxygen atoms in total. The highest BCUT2D eigenvalue weighted by Gasteiger charge is 2.00. The number of allylic oxidation sites excluding steroid dienone is 1. The molecule has 2 heteroatoms. The van der Waals surface area contributed by atoms with Crippen LogP contribution < -0.4 is 0 Å². The highest BCUT2D eigenvalue weighted by atomic mass is 32.1. The Balaban J connectivity index is 0.0000001000. The van der Waals surface area contributed by atoms with Gasteiger partial charge in [0.05, 0.1) is 6.26 Å². The second-order valence-corrected chi connectivity index (χ2v) is 7.17. The molecule has 0 atom stereocenters. The van der Waals surface area contributed by atoms with E-state index in [4.69, 9.17) is 4.42 Å². The summed E-state index contributed by atoms with van der Waals surface area (Å²) in [6, 6.07) is 28.9. The van der Waals surface area contributed by atoms with E-state index in [0.29, 0.717) is 0 Å². The van der Waals surface area contributed by atoms with Crippen molar-refractivity contribution >= 4 is 38.5 Å². The maximum Gasteiger partial charge on any atom is 0.133 e. The average Bonchev–Trinajstić information content (AvgIpc) is 3.48. The van der Waals surface area contributed by atoms with Crippen LogP contribution in [0.4, 0.5) is 0 Å². The minimum Gasteiger partial charge on any atom is -0.464 e. The minimum absolute atomic E-state index is 0.956. The summed E-state index contributed by atoms with van der Waals surface area (Å²) in [5.74, 6) is 0. The average molecular weight is 369 g/mol. The molecule has 0 saturated carbocycles. The summed E-state index contributed by atoms with van der Waals surface area (Å²) in [5.41, 5.74) is 3.80. The summed E-state index contributed by atoms with van der Waals surface area (Å²) in [7, 11) is 0. The monoisotopic (exact) mass is 368 g/mol. The van der Waals surface area contributed by atoms with E-state index in [1.54, 1.807) is 17.6 Å². The van der Waals surface area contributed by atoms with E-state index in [-0.39, 0.29) is 0 Å². The van der Waals surface area contributed by atoms with Crippen LogP contribution in [0.1, 0.15) is 11.1 Å². The predicted octanol–water partition coefficient (Wildman–Crippen LogP) is 7.59. The van der Waals surface area contributed by atoms with Crippen LogP contribution >= 0.6 is 11.3 Å². The van der Waals surface area contributed by atoms with Crippen molar-refractivity contribution < 1.29 is 4.42 Å². The highest BCUT2D eigenvalue weighted by Crippen LogP contribution is 2.19. The standard InChI is InChI=1S/C9H8.C8H6O.C8H6S/c1-2-5-9-7-3-6-8(9)4-1;2*1-2-4-8-7(3-1)5-6-9-8/h1-6H,7H2;2*1-6H. The second-order valence-electron chi connectivity index (χ2n) is 6.22. The van der Waals surface area contributed by atoms with Crippen molar-refractivity contribution in [3.63, 3.8) is 0 Å². The molecule has 0 unspecified atom stereocenters. The third kappa shape index (κ3) is 4.36. The van der Waals surface area contributed by atoms with Crippen LogP contribution in [0.2, 0.25) is 0 Å². The van der Waals surface area contributed by atoms with E-state index in [0.717, 1.165) is 17.4 Å². The van der Waals surface area contributed by atoms with Gasteiger partial charge in [-0.25, -0.2) is 0 Å². The maximum absolute atomic E-state index is 5.12. The number of benzene rings is 3. The Morgan fingerprint density at radius 3 is 2.33 bits per heavy atom. The molecular weight excluding hydrogens is 348 g/mol. The summed E-state index contributed by atoms with van der Waals surface area (Å²) >= 11 is 1.79. The molecule has 2 heterocycles. The van der Waals surface area contributed by atoms with Crippen LogP contribution in [-0.4, -0.2) is 0 Å². The van der Waals surface area contributed by atoms with Crippen molar-refractivity contribution in [1.82, 2.24) is 0 Å². The van der Waals surface area contributed by atoms with E-state index < -0.39 is 0 Å². The molecule has 0 spiro atoms. The topological polar surface area (TPSA) is 13.1 Å². The minimum atomic E-state index is 0.956. The lowest BCUT2D eigenvalue weighted by Crippen LogP contribution is -1.76. The molecule has 0 radical (unpaired) electrons. The first-order valence-corrected chi connectivity index (χ1v) is 9.87. The van der Waals surface area contributed by atoms with Crippen LogP contribution in [0.3, 0.4) is 0 Å². The zero-order valence-electron chi connectivity index (χ0n) is 14.9. The lowest BCUT2D eigenvalue weighted by Gasteiger charge is -1.93. The van der Waals surface area contributed by atoms with Crippen LogP contribution in [-0.2, 0) is 6.42 Å². The molecule has 0 N–H and O–H groups in total. The van der Waals surface area contributed by atoms with E-state index in [1.165, 1.54) is 21.2 Å². The quantitative estimate of drug-likeness (QED) is 0.274. The first-order valence-electron chi connectivity index (χ1n) is 8.99. The number of fused-ring (bicyclic) bond motifs is 3. The molecule has 0 saturated heterocycles. The Hall–Kier alpha value is -3.10. The summed E-state index contributed by atoms with van der Waals surface area (Å²) in [6.07, 6.45) is 7.20. The Bertz CT molecular complexity index is 1040. The fraction of sp³-hybridized carbons (Fsp3) is 0.0400. The smallest absolute Gasteiger partial charge is 0.133 e. The van der Waals surface area contributed by atoms with Crippen molar-refractivity contribution in [2.75, 3.05) is 0 Å². The zero-order valence-corrected chi connectivity index (χ0v) is 15.7. The molecule has 5 aromatic rings. The second kappa shape index (κ2) is 8.52. The third-order valence-electron chi connectivity index (χ3n) is 4.41. The summed E-state index contributed by atoms with van der Waals surface area (Å²) in [6.45, 7) is 0. The first kappa shape index (κ1) is 17.3. The molecule has 0 aliphatic heterocycles. The SMILES string of the molecule is C1=Cc2ccccc2C1.c1ccc2occc2c1.c1ccc2sccc2c1. The highest BCUT2D eigenvalue weighted by molar-refractivity contribution is 7.17. The Morgan fingerprint density at radius 2 is 1.48 bits per heavy atom. The number of thiophene rings is 1. The Labute approximate surface area is 163 Å². The molecule has 0 bridgehead atoms. The van der Waals surface area contributed by atoms with Gasteiger partial charge in [-0.1, -0.05) is 72.8 Å². The van der Waals surface area contributed by atoms with Crippen molar-refractivity contribution in [3.05, 3.63) is 114 Å². The predicted molar refractivity (Wildman–Crippen MR) is 117 cm³/mol. The molecule has 3 aromatic carbocycles. The van der Waals surface area contributed by atoms with Gasteiger partial charge in [0, 0.05) is 10.1 Å². The Morgan fingerprint density at radius 1 is 0.704 bits per heavy atom. The number of rotatable bonds is 0. The van der Waals surface area contributed by atoms with Gasteiger partial charge in [-0.2, -0.15) is 0 Å². The summed E-state index contributed by atoms with van der Waals surface area (Å²) in [5, 5.41) is 4.63. The van der Waals surface area contributed by atoms with Gasteiger partial charge < -0.3 is 4.42 Å². The van der Waals surface area contributed by atoms with Gasteiger partial charge in [-0.15, -0.1) is 11.3 Å². The molecule has 1 aliphatic carbocycles. The van der Waals surface area contributed by atoms with Crippen molar-refractivity contribution in [2.45, 2.75) is 6.42 Å². The van der Waals surface area contributed by atoms with Crippen LogP contribution in [0.5, 0.6) is 0 Å².